The van der Waals surface area contributed by atoms with Crippen molar-refractivity contribution in [2.24, 2.45) is 5.10 Å². The van der Waals surface area contributed by atoms with E-state index in [1.807, 2.05) is 0 Å². The molecule has 9 nitrogen and oxygen atoms in total. The van der Waals surface area contributed by atoms with E-state index in [1.165, 1.54) is 18.7 Å². The van der Waals surface area contributed by atoms with Crippen molar-refractivity contribution in [2.75, 3.05) is 18.4 Å². The van der Waals surface area contributed by atoms with Crippen LogP contribution < -0.4 is 20.7 Å². The Morgan fingerprint density at radius 1 is 1.41 bits per heavy atom. The van der Waals surface area contributed by atoms with Crippen LogP contribution in [0.3, 0.4) is 0 Å². The fraction of sp³-hybridized carbons (Fsp3) is 0.231. The van der Waals surface area contributed by atoms with E-state index in [9.17, 15) is 4.79 Å². The number of nitrogens with one attached hydrogen (secondary N) is 1. The highest BCUT2D eigenvalue weighted by molar-refractivity contribution is 5.82. The van der Waals surface area contributed by atoms with Crippen LogP contribution in [0.1, 0.15) is 18.3 Å². The maximum atomic E-state index is 11.0. The van der Waals surface area contributed by atoms with Crippen LogP contribution in [-0.4, -0.2) is 34.2 Å². The molecule has 1 heterocycles. The van der Waals surface area contributed by atoms with E-state index in [-0.39, 0.29) is 0 Å². The summed E-state index contributed by atoms with van der Waals surface area (Å²) in [5.74, 6) is 6.91. The first kappa shape index (κ1) is 15.3. The molecular weight excluding hydrogens is 288 g/mol. The van der Waals surface area contributed by atoms with E-state index >= 15 is 0 Å². The van der Waals surface area contributed by atoms with Gasteiger partial charge in [-0.15, -0.1) is 10.2 Å². The van der Waals surface area contributed by atoms with Crippen molar-refractivity contribution >= 4 is 18.1 Å². The summed E-state index contributed by atoms with van der Waals surface area (Å²) in [7, 11) is 1.49. The highest BCUT2D eigenvalue weighted by atomic mass is 16.6. The third kappa shape index (κ3) is 3.51. The van der Waals surface area contributed by atoms with Crippen LogP contribution in [0.2, 0.25) is 0 Å². The lowest BCUT2D eigenvalue weighted by Gasteiger charge is -2.08. The molecule has 0 amide bonds. The number of ether oxygens (including phenoxy) is 2. The molecule has 2 rings (SSSR count). The van der Waals surface area contributed by atoms with Gasteiger partial charge >= 0.3 is 5.97 Å². The predicted molar refractivity (Wildman–Crippen MR) is 80.4 cm³/mol. The van der Waals surface area contributed by atoms with Crippen molar-refractivity contribution in [2.45, 2.75) is 13.8 Å². The summed E-state index contributed by atoms with van der Waals surface area (Å²) in [5, 5.41) is 11.6. The summed E-state index contributed by atoms with van der Waals surface area (Å²) in [6.07, 6.45) is 1.55. The van der Waals surface area contributed by atoms with E-state index < -0.39 is 5.97 Å². The Hall–Kier alpha value is -3.10. The normalized spacial score (nSPS) is 10.7. The second-order valence-electron chi connectivity index (χ2n) is 4.31. The Kier molecular flexibility index (Phi) is 4.57. The Balaban J connectivity index is 2.11. The average molecular weight is 304 g/mol. The van der Waals surface area contributed by atoms with Crippen molar-refractivity contribution < 1.29 is 14.3 Å². The molecule has 2 aromatic rings. The molecular formula is C13H16N6O3. The standard InChI is InChI=1S/C13H16N6O3/c1-8-16-18-13(19(8)14)17-15-7-10-4-5-11(22-9(2)20)12(6-10)21-3/h4-7H,14H2,1-3H3,(H,17,18)/b15-7-. The smallest absolute Gasteiger partial charge is 0.308 e. The highest BCUT2D eigenvalue weighted by Gasteiger charge is 2.07. The van der Waals surface area contributed by atoms with Gasteiger partial charge < -0.3 is 15.3 Å². The number of nitrogen functional groups attached to an aromatic ring is 1. The zero-order valence-electron chi connectivity index (χ0n) is 12.4. The van der Waals surface area contributed by atoms with Crippen molar-refractivity contribution in [1.82, 2.24) is 14.9 Å². The average Bonchev–Trinajstić information content (AvgIpc) is 2.80. The number of carbonyl (C=O) groups excluding carboxylic acids is 1. The van der Waals surface area contributed by atoms with E-state index in [2.05, 4.69) is 20.7 Å². The molecule has 0 aliphatic rings. The van der Waals surface area contributed by atoms with Crippen LogP contribution in [0.15, 0.2) is 23.3 Å². The van der Waals surface area contributed by atoms with Crippen LogP contribution in [-0.2, 0) is 4.79 Å². The number of carbonyl (C=O) groups is 1. The van der Waals surface area contributed by atoms with Gasteiger partial charge in [-0.2, -0.15) is 5.10 Å². The number of nitrogens with two attached hydrogens (primary N) is 1. The minimum atomic E-state index is -0.418. The summed E-state index contributed by atoms with van der Waals surface area (Å²) in [5.41, 5.74) is 3.41. The van der Waals surface area contributed by atoms with Gasteiger partial charge in [-0.1, -0.05) is 0 Å². The van der Waals surface area contributed by atoms with Gasteiger partial charge in [-0.05, 0) is 30.7 Å². The maximum Gasteiger partial charge on any atom is 0.308 e. The number of aromatic nitrogens is 3. The molecule has 0 fully saturated rings. The van der Waals surface area contributed by atoms with Crippen LogP contribution in [0.4, 0.5) is 5.95 Å². The number of nitrogens with zero attached hydrogens (tertiary/aromatic N) is 4. The lowest BCUT2D eigenvalue weighted by molar-refractivity contribution is -0.132. The molecule has 1 aromatic carbocycles. The second kappa shape index (κ2) is 6.57. The minimum absolute atomic E-state index is 0.317. The molecule has 22 heavy (non-hydrogen) atoms. The topological polar surface area (TPSA) is 117 Å². The number of methoxy groups -OCH3 is 1. The van der Waals surface area contributed by atoms with Crippen LogP contribution in [0.5, 0.6) is 11.5 Å². The Morgan fingerprint density at radius 2 is 2.18 bits per heavy atom. The molecule has 0 radical (unpaired) electrons. The van der Waals surface area contributed by atoms with E-state index in [1.54, 1.807) is 31.3 Å². The third-order valence-electron chi connectivity index (χ3n) is 2.69. The first-order valence-corrected chi connectivity index (χ1v) is 6.34. The molecule has 116 valence electrons. The summed E-state index contributed by atoms with van der Waals surface area (Å²) < 4.78 is 11.5. The third-order valence-corrected chi connectivity index (χ3v) is 2.69. The molecule has 1 aromatic heterocycles. The molecule has 0 aliphatic heterocycles. The Bertz CT molecular complexity index is 710. The van der Waals surface area contributed by atoms with Gasteiger partial charge in [0.1, 0.15) is 0 Å². The van der Waals surface area contributed by atoms with Gasteiger partial charge in [0.05, 0.1) is 13.3 Å². The summed E-state index contributed by atoms with van der Waals surface area (Å²) in [4.78, 5) is 11.0. The summed E-state index contributed by atoms with van der Waals surface area (Å²) in [6, 6.07) is 5.03. The van der Waals surface area contributed by atoms with Crippen molar-refractivity contribution in [3.63, 3.8) is 0 Å². The van der Waals surface area contributed by atoms with Crippen molar-refractivity contribution in [3.8, 4) is 11.5 Å². The fourth-order valence-electron chi connectivity index (χ4n) is 1.61. The summed E-state index contributed by atoms with van der Waals surface area (Å²) in [6.45, 7) is 3.05. The highest BCUT2D eigenvalue weighted by Crippen LogP contribution is 2.27. The van der Waals surface area contributed by atoms with Crippen LogP contribution >= 0.6 is 0 Å². The largest absolute Gasteiger partial charge is 0.493 e. The molecule has 0 unspecified atom stereocenters. The molecule has 9 heteroatoms. The second-order valence-corrected chi connectivity index (χ2v) is 4.31. The number of rotatable bonds is 5. The number of esters is 1. The van der Waals surface area contributed by atoms with Crippen molar-refractivity contribution in [3.05, 3.63) is 29.6 Å². The summed E-state index contributed by atoms with van der Waals surface area (Å²) >= 11 is 0. The number of hydrogen-bond donors (Lipinski definition) is 2. The lowest BCUT2D eigenvalue weighted by atomic mass is 10.2. The van der Waals surface area contributed by atoms with Crippen molar-refractivity contribution in [1.29, 1.82) is 0 Å². The van der Waals surface area contributed by atoms with E-state index in [0.717, 1.165) is 5.56 Å². The number of aryl methyl sites for hydroxylation is 1. The van der Waals surface area contributed by atoms with Crippen LogP contribution in [0, 0.1) is 6.92 Å². The zero-order valence-corrected chi connectivity index (χ0v) is 12.4. The number of hydrogen-bond acceptors (Lipinski definition) is 8. The molecule has 0 saturated carbocycles. The monoisotopic (exact) mass is 304 g/mol. The van der Waals surface area contributed by atoms with E-state index in [4.69, 9.17) is 15.3 Å². The number of anilines is 1. The Morgan fingerprint density at radius 3 is 2.77 bits per heavy atom. The van der Waals surface area contributed by atoms with Gasteiger partial charge in [0.15, 0.2) is 17.3 Å². The van der Waals surface area contributed by atoms with Gasteiger partial charge in [0.2, 0.25) is 0 Å². The minimum Gasteiger partial charge on any atom is -0.493 e. The molecule has 0 aliphatic carbocycles. The van der Waals surface area contributed by atoms with E-state index in [0.29, 0.717) is 23.3 Å². The van der Waals surface area contributed by atoms with Gasteiger partial charge in [0.25, 0.3) is 5.95 Å². The van der Waals surface area contributed by atoms with Gasteiger partial charge in [-0.25, -0.2) is 10.1 Å². The lowest BCUT2D eigenvalue weighted by Crippen LogP contribution is -2.13. The number of hydrazone groups is 1. The molecule has 0 bridgehead atoms. The molecule has 0 spiro atoms. The molecule has 0 atom stereocenters. The van der Waals surface area contributed by atoms with Gasteiger partial charge in [-0.3, -0.25) is 4.79 Å². The SMILES string of the molecule is COc1cc(/C=N\Nc2nnc(C)n2N)ccc1OC(C)=O. The number of benzene rings is 1. The zero-order chi connectivity index (χ0) is 16.1. The molecule has 0 saturated heterocycles. The van der Waals surface area contributed by atoms with Crippen LogP contribution in [0.25, 0.3) is 0 Å². The Labute approximate surface area is 126 Å². The first-order chi connectivity index (χ1) is 10.5. The van der Waals surface area contributed by atoms with Gasteiger partial charge in [0, 0.05) is 6.92 Å². The maximum absolute atomic E-state index is 11.0. The first-order valence-electron chi connectivity index (χ1n) is 6.34. The fourth-order valence-corrected chi connectivity index (χ4v) is 1.61. The molecule has 3 N–H and O–H groups in total. The quantitative estimate of drug-likeness (QED) is 0.274. The predicted octanol–water partition coefficient (Wildman–Crippen LogP) is 0.680.